The monoisotopic (exact) mass is 256 g/mol. The molecule has 0 N–H and O–H groups in total. The molecule has 0 spiro atoms. The first-order valence-corrected chi connectivity index (χ1v) is 5.26. The second kappa shape index (κ2) is 9.14. The van der Waals surface area contributed by atoms with E-state index in [-0.39, 0.29) is 22.9 Å². The molecular weight excluding hydrogens is 240 g/mol. The average Bonchev–Trinajstić information content (AvgIpc) is 2.95. The topological polar surface area (TPSA) is 17.1 Å². The van der Waals surface area contributed by atoms with Gasteiger partial charge in [0, 0.05) is 0 Å². The van der Waals surface area contributed by atoms with Crippen LogP contribution in [0, 0.1) is 0 Å². The van der Waals surface area contributed by atoms with Gasteiger partial charge in [0.05, 0.1) is 5.78 Å². The van der Waals surface area contributed by atoms with Crippen LogP contribution in [0.15, 0.2) is 54.6 Å². The van der Waals surface area contributed by atoms with Gasteiger partial charge in [0.2, 0.25) is 0 Å². The van der Waals surface area contributed by atoms with Crippen molar-refractivity contribution in [3.63, 3.8) is 0 Å². The Balaban J connectivity index is 0.000000318. The largest absolute Gasteiger partial charge is 2.00 e. The molecule has 0 heterocycles. The summed E-state index contributed by atoms with van der Waals surface area (Å²) in [5.74, 6) is 0.257. The van der Waals surface area contributed by atoms with Gasteiger partial charge in [-0.15, -0.1) is 11.6 Å². The normalized spacial score (nSPS) is 8.56. The Morgan fingerprint density at radius 2 is 1.88 bits per heavy atom. The minimum absolute atomic E-state index is 0. The van der Waals surface area contributed by atoms with Crippen LogP contribution >= 0.6 is 0 Å². The van der Waals surface area contributed by atoms with Gasteiger partial charge in [-0.05, 0) is 6.42 Å². The SMILES string of the molecule is CCCC(=O)c1ccc[cH-]1.[Fe+2].c1cc[cH-]c1. The van der Waals surface area contributed by atoms with E-state index in [1.165, 1.54) is 0 Å². The number of rotatable bonds is 3. The fourth-order valence-electron chi connectivity index (χ4n) is 1.25. The van der Waals surface area contributed by atoms with Gasteiger partial charge in [0.15, 0.2) is 0 Å². The molecule has 0 saturated carbocycles. The van der Waals surface area contributed by atoms with Crippen molar-refractivity contribution < 1.29 is 21.9 Å². The summed E-state index contributed by atoms with van der Waals surface area (Å²) in [7, 11) is 0. The van der Waals surface area contributed by atoms with Gasteiger partial charge >= 0.3 is 17.1 Å². The molecule has 0 radical (unpaired) electrons. The van der Waals surface area contributed by atoms with Crippen molar-refractivity contribution in [1.29, 1.82) is 0 Å². The molecule has 2 rings (SSSR count). The Labute approximate surface area is 108 Å². The summed E-state index contributed by atoms with van der Waals surface area (Å²) in [6.07, 6.45) is 1.61. The zero-order valence-corrected chi connectivity index (χ0v) is 10.5. The first-order chi connectivity index (χ1) is 7.34. The third-order valence-corrected chi connectivity index (χ3v) is 2.02. The number of hydrogen-bond acceptors (Lipinski definition) is 1. The molecule has 86 valence electrons. The summed E-state index contributed by atoms with van der Waals surface area (Å²) < 4.78 is 0. The van der Waals surface area contributed by atoms with Crippen LogP contribution in [0.5, 0.6) is 0 Å². The van der Waals surface area contributed by atoms with Crippen LogP contribution in [0.2, 0.25) is 0 Å². The zero-order chi connectivity index (χ0) is 10.9. The molecule has 16 heavy (non-hydrogen) atoms. The molecule has 0 aliphatic carbocycles. The van der Waals surface area contributed by atoms with E-state index in [4.69, 9.17) is 0 Å². The molecule has 0 fully saturated rings. The molecule has 1 nitrogen and oxygen atoms in total. The van der Waals surface area contributed by atoms with Crippen LogP contribution in [-0.2, 0) is 17.1 Å². The molecule has 0 atom stereocenters. The Morgan fingerprint density at radius 1 is 1.19 bits per heavy atom. The summed E-state index contributed by atoms with van der Waals surface area (Å²) in [6.45, 7) is 2.01. The number of ketones is 1. The van der Waals surface area contributed by atoms with Gasteiger partial charge in [0.25, 0.3) is 0 Å². The predicted molar refractivity (Wildman–Crippen MR) is 63.3 cm³/mol. The van der Waals surface area contributed by atoms with Crippen molar-refractivity contribution in [2.45, 2.75) is 19.8 Å². The van der Waals surface area contributed by atoms with Crippen molar-refractivity contribution in [1.82, 2.24) is 0 Å². The van der Waals surface area contributed by atoms with Crippen LogP contribution in [0.3, 0.4) is 0 Å². The Bertz CT molecular complexity index is 329. The van der Waals surface area contributed by atoms with E-state index in [1.54, 1.807) is 0 Å². The van der Waals surface area contributed by atoms with Crippen molar-refractivity contribution in [2.24, 2.45) is 0 Å². The standard InChI is InChI=1S/C9H11O.C5H5.Fe/c1-2-5-9(10)8-6-3-4-7-8;1-2-4-5-3-1;/h3-4,6-7H,2,5H2,1H3;1-5H;/q2*-1;+2. The maximum absolute atomic E-state index is 11.1. The Hall–Kier alpha value is -1.11. The van der Waals surface area contributed by atoms with E-state index in [0.717, 1.165) is 12.0 Å². The third kappa shape index (κ3) is 5.69. The Kier molecular flexibility index (Phi) is 8.51. The molecule has 0 aromatic heterocycles. The van der Waals surface area contributed by atoms with E-state index in [9.17, 15) is 4.79 Å². The minimum Gasteiger partial charge on any atom is -0.352 e. The first kappa shape index (κ1) is 14.9. The van der Waals surface area contributed by atoms with Crippen LogP contribution < -0.4 is 0 Å². The van der Waals surface area contributed by atoms with Gasteiger partial charge in [-0.1, -0.05) is 13.3 Å². The molecular formula is C14H16FeO. The average molecular weight is 256 g/mol. The molecule has 0 saturated heterocycles. The maximum atomic E-state index is 11.1. The molecule has 0 aliphatic heterocycles. The smallest absolute Gasteiger partial charge is 0.352 e. The van der Waals surface area contributed by atoms with Crippen LogP contribution in [0.25, 0.3) is 0 Å². The number of carbonyl (C=O) groups excluding carboxylic acids is 1. The molecule has 0 aliphatic rings. The molecule has 0 unspecified atom stereocenters. The van der Waals surface area contributed by atoms with Crippen LogP contribution in [0.1, 0.15) is 30.1 Å². The predicted octanol–water partition coefficient (Wildman–Crippen LogP) is 3.79. The number of hydrogen-bond donors (Lipinski definition) is 0. The Morgan fingerprint density at radius 3 is 2.25 bits per heavy atom. The van der Waals surface area contributed by atoms with E-state index >= 15 is 0 Å². The fourth-order valence-corrected chi connectivity index (χ4v) is 1.25. The van der Waals surface area contributed by atoms with Crippen LogP contribution in [-0.4, -0.2) is 5.78 Å². The quantitative estimate of drug-likeness (QED) is 0.464. The number of Topliss-reactive ketones (excluding diaryl/α,β-unsaturated/α-hetero) is 1. The van der Waals surface area contributed by atoms with E-state index in [0.29, 0.717) is 6.42 Å². The number of carbonyl (C=O) groups is 1. The molecule has 0 bridgehead atoms. The van der Waals surface area contributed by atoms with Gasteiger partial charge in [-0.25, -0.2) is 12.1 Å². The third-order valence-electron chi connectivity index (χ3n) is 2.02. The summed E-state index contributed by atoms with van der Waals surface area (Å²) >= 11 is 0. The van der Waals surface area contributed by atoms with E-state index < -0.39 is 0 Å². The zero-order valence-electron chi connectivity index (χ0n) is 9.37. The van der Waals surface area contributed by atoms with Crippen molar-refractivity contribution >= 4 is 5.78 Å². The minimum atomic E-state index is 0. The fraction of sp³-hybridized carbons (Fsp3) is 0.214. The maximum Gasteiger partial charge on any atom is 2.00 e. The summed E-state index contributed by atoms with van der Waals surface area (Å²) in [5, 5.41) is 0. The van der Waals surface area contributed by atoms with E-state index in [1.807, 2.05) is 61.5 Å². The van der Waals surface area contributed by atoms with Crippen molar-refractivity contribution in [3.8, 4) is 0 Å². The van der Waals surface area contributed by atoms with Gasteiger partial charge in [-0.2, -0.15) is 36.4 Å². The molecule has 0 amide bonds. The molecule has 2 aromatic carbocycles. The molecule has 2 aromatic rings. The van der Waals surface area contributed by atoms with Gasteiger partial charge < -0.3 is 4.79 Å². The van der Waals surface area contributed by atoms with Gasteiger partial charge in [0.1, 0.15) is 0 Å². The van der Waals surface area contributed by atoms with Gasteiger partial charge in [-0.3, -0.25) is 0 Å². The second-order valence-electron chi connectivity index (χ2n) is 3.31. The molecule has 2 heteroatoms. The van der Waals surface area contributed by atoms with Crippen molar-refractivity contribution in [2.75, 3.05) is 0 Å². The van der Waals surface area contributed by atoms with Crippen molar-refractivity contribution in [3.05, 3.63) is 60.2 Å². The van der Waals surface area contributed by atoms with E-state index in [2.05, 4.69) is 0 Å². The summed E-state index contributed by atoms with van der Waals surface area (Å²) in [5.41, 5.74) is 0.849. The van der Waals surface area contributed by atoms with Crippen LogP contribution in [0.4, 0.5) is 0 Å². The first-order valence-electron chi connectivity index (χ1n) is 5.26. The summed E-state index contributed by atoms with van der Waals surface area (Å²) in [6, 6.07) is 17.5. The summed E-state index contributed by atoms with van der Waals surface area (Å²) in [4.78, 5) is 11.1. The second-order valence-corrected chi connectivity index (χ2v) is 3.31.